The molecular weight excluding hydrogens is 298 g/mol. The summed E-state index contributed by atoms with van der Waals surface area (Å²) >= 11 is 1.50. The number of carbonyl (C=O) groups excluding carboxylic acids is 1. The van der Waals surface area contributed by atoms with E-state index in [2.05, 4.69) is 11.4 Å². The van der Waals surface area contributed by atoms with Gasteiger partial charge in [0, 0.05) is 24.6 Å². The monoisotopic (exact) mass is 319 g/mol. The molecule has 2 aromatic rings. The van der Waals surface area contributed by atoms with E-state index in [0.717, 1.165) is 27.3 Å². The molecule has 0 fully saturated rings. The standard InChI is InChI=1S/C17H21NO3S/c1-11-5-6-12(2)14(9-11)21-10-13-7-8-22-16(13)15(20-4)17(19)18-3/h5-9,15H,10H2,1-4H3,(H,18,19). The fraction of sp³-hybridized carbons (Fsp3) is 0.353. The average molecular weight is 319 g/mol. The maximum atomic E-state index is 11.9. The molecule has 0 saturated heterocycles. The van der Waals surface area contributed by atoms with Crippen LogP contribution in [-0.4, -0.2) is 20.1 Å². The lowest BCUT2D eigenvalue weighted by molar-refractivity contribution is -0.130. The molecule has 1 unspecified atom stereocenters. The highest BCUT2D eigenvalue weighted by molar-refractivity contribution is 7.10. The van der Waals surface area contributed by atoms with E-state index in [4.69, 9.17) is 9.47 Å². The molecule has 1 aromatic heterocycles. The second kappa shape index (κ2) is 7.42. The van der Waals surface area contributed by atoms with Crippen LogP contribution in [-0.2, 0) is 16.1 Å². The number of carbonyl (C=O) groups is 1. The van der Waals surface area contributed by atoms with Gasteiger partial charge in [-0.05, 0) is 42.5 Å². The SMILES string of the molecule is CNC(=O)C(OC)c1sccc1COc1cc(C)ccc1C. The number of rotatable bonds is 6. The number of benzene rings is 1. The van der Waals surface area contributed by atoms with E-state index in [1.807, 2.05) is 37.4 Å². The van der Waals surface area contributed by atoms with Crippen LogP contribution in [0.2, 0.25) is 0 Å². The first-order valence-corrected chi connectivity index (χ1v) is 7.95. The summed E-state index contributed by atoms with van der Waals surface area (Å²) in [5, 5.41) is 4.57. The fourth-order valence-electron chi connectivity index (χ4n) is 2.18. The number of hydrogen-bond acceptors (Lipinski definition) is 4. The zero-order valence-electron chi connectivity index (χ0n) is 13.3. The molecule has 0 bridgehead atoms. The third kappa shape index (κ3) is 3.67. The molecule has 0 spiro atoms. The van der Waals surface area contributed by atoms with Crippen molar-refractivity contribution in [1.29, 1.82) is 0 Å². The lowest BCUT2D eigenvalue weighted by Crippen LogP contribution is -2.27. The van der Waals surface area contributed by atoms with Gasteiger partial charge in [-0.25, -0.2) is 0 Å². The number of ether oxygens (including phenoxy) is 2. The molecule has 1 heterocycles. The molecule has 1 amide bonds. The Labute approximate surface area is 135 Å². The van der Waals surface area contributed by atoms with Gasteiger partial charge in [0.2, 0.25) is 0 Å². The molecule has 0 radical (unpaired) electrons. The van der Waals surface area contributed by atoms with Gasteiger partial charge in [0.05, 0.1) is 0 Å². The van der Waals surface area contributed by atoms with E-state index < -0.39 is 6.10 Å². The smallest absolute Gasteiger partial charge is 0.254 e. The summed E-state index contributed by atoms with van der Waals surface area (Å²) in [4.78, 5) is 12.8. The number of hydrogen-bond donors (Lipinski definition) is 1. The number of amides is 1. The molecule has 0 saturated carbocycles. The zero-order valence-corrected chi connectivity index (χ0v) is 14.1. The fourth-order valence-corrected chi connectivity index (χ4v) is 3.16. The third-order valence-electron chi connectivity index (χ3n) is 3.47. The van der Waals surface area contributed by atoms with Gasteiger partial charge in [-0.15, -0.1) is 11.3 Å². The van der Waals surface area contributed by atoms with Crippen LogP contribution in [0.25, 0.3) is 0 Å². The van der Waals surface area contributed by atoms with Crippen molar-refractivity contribution in [3.05, 3.63) is 51.2 Å². The van der Waals surface area contributed by atoms with Gasteiger partial charge in [-0.1, -0.05) is 12.1 Å². The molecule has 1 N–H and O–H groups in total. The Morgan fingerprint density at radius 2 is 2.09 bits per heavy atom. The van der Waals surface area contributed by atoms with Crippen molar-refractivity contribution in [2.75, 3.05) is 14.2 Å². The molecule has 1 atom stereocenters. The van der Waals surface area contributed by atoms with Crippen LogP contribution in [0.3, 0.4) is 0 Å². The number of aryl methyl sites for hydroxylation is 2. The first-order chi connectivity index (χ1) is 10.6. The highest BCUT2D eigenvalue weighted by atomic mass is 32.1. The van der Waals surface area contributed by atoms with Crippen molar-refractivity contribution >= 4 is 17.2 Å². The van der Waals surface area contributed by atoms with E-state index in [1.54, 1.807) is 7.05 Å². The van der Waals surface area contributed by atoms with Crippen LogP contribution in [0, 0.1) is 13.8 Å². The van der Waals surface area contributed by atoms with Gasteiger partial charge in [0.25, 0.3) is 5.91 Å². The molecule has 5 heteroatoms. The Balaban J connectivity index is 2.16. The lowest BCUT2D eigenvalue weighted by atomic mass is 10.1. The molecule has 0 aliphatic carbocycles. The zero-order chi connectivity index (χ0) is 16.1. The first kappa shape index (κ1) is 16.5. The molecular formula is C17H21NO3S. The van der Waals surface area contributed by atoms with Gasteiger partial charge < -0.3 is 14.8 Å². The van der Waals surface area contributed by atoms with Crippen molar-refractivity contribution < 1.29 is 14.3 Å². The summed E-state index contributed by atoms with van der Waals surface area (Å²) in [6.07, 6.45) is -0.595. The first-order valence-electron chi connectivity index (χ1n) is 7.07. The van der Waals surface area contributed by atoms with E-state index in [0.29, 0.717) is 6.61 Å². The summed E-state index contributed by atoms with van der Waals surface area (Å²) in [6, 6.07) is 8.10. The predicted octanol–water partition coefficient (Wildman–Crippen LogP) is 3.38. The molecule has 0 aliphatic rings. The topological polar surface area (TPSA) is 47.6 Å². The normalized spacial score (nSPS) is 12.0. The molecule has 4 nitrogen and oxygen atoms in total. The van der Waals surface area contributed by atoms with Crippen molar-refractivity contribution in [3.63, 3.8) is 0 Å². The summed E-state index contributed by atoms with van der Waals surface area (Å²) < 4.78 is 11.3. The van der Waals surface area contributed by atoms with Crippen LogP contribution in [0.5, 0.6) is 5.75 Å². The van der Waals surface area contributed by atoms with Crippen LogP contribution in [0.4, 0.5) is 0 Å². The van der Waals surface area contributed by atoms with Crippen LogP contribution >= 0.6 is 11.3 Å². The molecule has 22 heavy (non-hydrogen) atoms. The summed E-state index contributed by atoms with van der Waals surface area (Å²) in [5.41, 5.74) is 3.23. The quantitative estimate of drug-likeness (QED) is 0.888. The minimum atomic E-state index is -0.595. The van der Waals surface area contributed by atoms with Gasteiger partial charge in [0.15, 0.2) is 6.10 Å². The van der Waals surface area contributed by atoms with Crippen LogP contribution in [0.1, 0.15) is 27.7 Å². The van der Waals surface area contributed by atoms with E-state index in [9.17, 15) is 4.79 Å². The molecule has 118 valence electrons. The second-order valence-electron chi connectivity index (χ2n) is 5.10. The predicted molar refractivity (Wildman–Crippen MR) is 88.4 cm³/mol. The Morgan fingerprint density at radius 3 is 2.77 bits per heavy atom. The Kier molecular flexibility index (Phi) is 5.57. The molecule has 0 aliphatic heterocycles. The second-order valence-corrected chi connectivity index (χ2v) is 6.05. The number of nitrogens with one attached hydrogen (secondary N) is 1. The van der Waals surface area contributed by atoms with Gasteiger partial charge in [-0.2, -0.15) is 0 Å². The highest BCUT2D eigenvalue weighted by Crippen LogP contribution is 2.29. The Hall–Kier alpha value is -1.85. The van der Waals surface area contributed by atoms with Crippen molar-refractivity contribution in [2.24, 2.45) is 0 Å². The maximum Gasteiger partial charge on any atom is 0.254 e. The van der Waals surface area contributed by atoms with Crippen molar-refractivity contribution in [3.8, 4) is 5.75 Å². The van der Waals surface area contributed by atoms with Crippen LogP contribution < -0.4 is 10.1 Å². The van der Waals surface area contributed by atoms with Crippen molar-refractivity contribution in [2.45, 2.75) is 26.6 Å². The van der Waals surface area contributed by atoms with E-state index >= 15 is 0 Å². The minimum Gasteiger partial charge on any atom is -0.489 e. The van der Waals surface area contributed by atoms with Crippen molar-refractivity contribution in [1.82, 2.24) is 5.32 Å². The summed E-state index contributed by atoms with van der Waals surface area (Å²) in [5.74, 6) is 0.712. The Bertz CT molecular complexity index is 651. The maximum absolute atomic E-state index is 11.9. The van der Waals surface area contributed by atoms with Gasteiger partial charge in [-0.3, -0.25) is 4.79 Å². The summed E-state index contributed by atoms with van der Waals surface area (Å²) in [7, 11) is 3.14. The number of methoxy groups -OCH3 is 1. The lowest BCUT2D eigenvalue weighted by Gasteiger charge is -2.15. The molecule has 2 rings (SSSR count). The van der Waals surface area contributed by atoms with Crippen LogP contribution in [0.15, 0.2) is 29.6 Å². The third-order valence-corrected chi connectivity index (χ3v) is 4.47. The number of thiophene rings is 1. The highest BCUT2D eigenvalue weighted by Gasteiger charge is 2.23. The number of likely N-dealkylation sites (N-methyl/N-ethyl adjacent to an activating group) is 1. The summed E-state index contributed by atoms with van der Waals surface area (Å²) in [6.45, 7) is 4.47. The largest absolute Gasteiger partial charge is 0.489 e. The van der Waals surface area contributed by atoms with Gasteiger partial charge in [0.1, 0.15) is 12.4 Å². The minimum absolute atomic E-state index is 0.155. The van der Waals surface area contributed by atoms with E-state index in [-0.39, 0.29) is 5.91 Å². The van der Waals surface area contributed by atoms with E-state index in [1.165, 1.54) is 18.4 Å². The Morgan fingerprint density at radius 1 is 1.32 bits per heavy atom. The average Bonchev–Trinajstić information content (AvgIpc) is 2.97. The molecule has 1 aromatic carbocycles. The van der Waals surface area contributed by atoms with Gasteiger partial charge >= 0.3 is 0 Å².